The molecule has 1 saturated heterocycles. The van der Waals surface area contributed by atoms with Crippen LogP contribution in [0.25, 0.3) is 0 Å². The van der Waals surface area contributed by atoms with E-state index in [2.05, 4.69) is 22.6 Å². The second-order valence-corrected chi connectivity index (χ2v) is 5.02. The Morgan fingerprint density at radius 3 is 2.47 bits per heavy atom. The van der Waals surface area contributed by atoms with Crippen molar-refractivity contribution in [1.82, 2.24) is 0 Å². The van der Waals surface area contributed by atoms with Crippen LogP contribution in [0, 0.1) is 0 Å². The topological polar surface area (TPSA) is 43.4 Å². The highest BCUT2D eigenvalue weighted by Gasteiger charge is 2.33. The van der Waals surface area contributed by atoms with Crippen molar-refractivity contribution in [3.05, 3.63) is 35.4 Å². The highest BCUT2D eigenvalue weighted by Crippen LogP contribution is 2.35. The third-order valence-electron chi connectivity index (χ3n) is 2.35. The molecule has 1 aromatic rings. The number of alkyl halides is 1. The van der Waals surface area contributed by atoms with Gasteiger partial charge in [0.2, 0.25) is 0 Å². The molecule has 0 bridgehead atoms. The lowest BCUT2D eigenvalue weighted by Crippen LogP contribution is -2.05. The average molecular weight is 316 g/mol. The minimum Gasteiger partial charge on any atom is -0.456 e. The number of carbonyl (C=O) groups is 2. The summed E-state index contributed by atoms with van der Waals surface area (Å²) >= 11 is 2.22. The van der Waals surface area contributed by atoms with Crippen molar-refractivity contribution in [2.75, 3.05) is 0 Å². The van der Waals surface area contributed by atoms with E-state index in [-0.39, 0.29) is 16.0 Å². The number of carbonyl (C=O) groups excluding carboxylic acids is 2. The molecular weight excluding hydrogens is 307 g/mol. The van der Waals surface area contributed by atoms with Crippen LogP contribution in [0.15, 0.2) is 24.3 Å². The number of ether oxygens (including phenoxy) is 1. The van der Waals surface area contributed by atoms with Crippen molar-refractivity contribution in [3.63, 3.8) is 0 Å². The summed E-state index contributed by atoms with van der Waals surface area (Å²) in [5.74, 6) is -0.154. The van der Waals surface area contributed by atoms with Gasteiger partial charge in [0, 0.05) is 5.56 Å². The Kier molecular flexibility index (Phi) is 3.04. The van der Waals surface area contributed by atoms with Gasteiger partial charge in [-0.3, -0.25) is 9.59 Å². The normalized spacial score (nSPS) is 25.0. The highest BCUT2D eigenvalue weighted by atomic mass is 127. The molecule has 0 unspecified atom stereocenters. The summed E-state index contributed by atoms with van der Waals surface area (Å²) < 4.78 is 5.38. The van der Waals surface area contributed by atoms with Crippen molar-refractivity contribution in [2.24, 2.45) is 0 Å². The van der Waals surface area contributed by atoms with E-state index < -0.39 is 0 Å². The monoisotopic (exact) mass is 316 g/mol. The predicted octanol–water partition coefficient (Wildman–Crippen LogP) is 2.29. The summed E-state index contributed by atoms with van der Waals surface area (Å²) in [6.45, 7) is 0. The Labute approximate surface area is 101 Å². The smallest absolute Gasteiger partial charge is 0.307 e. The molecule has 0 aliphatic carbocycles. The summed E-state index contributed by atoms with van der Waals surface area (Å²) in [6.07, 6.45) is 1.09. The zero-order valence-electron chi connectivity index (χ0n) is 7.85. The van der Waals surface area contributed by atoms with Gasteiger partial charge in [-0.15, -0.1) is 0 Å². The van der Waals surface area contributed by atoms with Gasteiger partial charge in [-0.1, -0.05) is 46.9 Å². The Balaban J connectivity index is 2.22. The maximum absolute atomic E-state index is 11.1. The van der Waals surface area contributed by atoms with Gasteiger partial charge in [0.25, 0.3) is 0 Å². The van der Waals surface area contributed by atoms with Crippen LogP contribution in [-0.4, -0.2) is 16.2 Å². The fourth-order valence-corrected chi connectivity index (χ4v) is 2.49. The Hall–Kier alpha value is -0.910. The SMILES string of the molecule is O=Cc1ccc([C@@H]2OC(=O)C[C@H]2I)cc1. The zero-order chi connectivity index (χ0) is 10.8. The van der Waals surface area contributed by atoms with E-state index in [4.69, 9.17) is 4.74 Å². The van der Waals surface area contributed by atoms with Crippen LogP contribution in [0.4, 0.5) is 0 Å². The predicted molar refractivity (Wildman–Crippen MR) is 63.1 cm³/mol. The molecule has 0 N–H and O–H groups in total. The molecule has 0 amide bonds. The van der Waals surface area contributed by atoms with E-state index in [1.807, 2.05) is 12.1 Å². The molecule has 1 aliphatic rings. The zero-order valence-corrected chi connectivity index (χ0v) is 10.0. The molecule has 1 heterocycles. The average Bonchev–Trinajstić information content (AvgIpc) is 2.58. The van der Waals surface area contributed by atoms with Crippen LogP contribution >= 0.6 is 22.6 Å². The summed E-state index contributed by atoms with van der Waals surface area (Å²) in [7, 11) is 0. The third-order valence-corrected chi connectivity index (χ3v) is 3.44. The standard InChI is InChI=1S/C11H9IO3/c12-9-5-10(14)15-11(9)8-3-1-7(6-13)2-4-8/h1-4,6,9,11H,5H2/t9-,11+/m1/s1. The molecule has 4 heteroatoms. The number of hydrogen-bond donors (Lipinski definition) is 0. The highest BCUT2D eigenvalue weighted by molar-refractivity contribution is 14.1. The van der Waals surface area contributed by atoms with E-state index in [9.17, 15) is 9.59 Å². The van der Waals surface area contributed by atoms with Gasteiger partial charge >= 0.3 is 5.97 Å². The molecule has 0 saturated carbocycles. The van der Waals surface area contributed by atoms with Gasteiger partial charge in [-0.2, -0.15) is 0 Å². The third kappa shape index (κ3) is 2.19. The first kappa shape index (κ1) is 10.6. The fraction of sp³-hybridized carbons (Fsp3) is 0.273. The van der Waals surface area contributed by atoms with E-state index in [0.717, 1.165) is 11.8 Å². The van der Waals surface area contributed by atoms with Crippen molar-refractivity contribution >= 4 is 34.8 Å². The summed E-state index contributed by atoms with van der Waals surface area (Å²) in [6, 6.07) is 7.13. The second kappa shape index (κ2) is 4.30. The summed E-state index contributed by atoms with van der Waals surface area (Å²) in [5.41, 5.74) is 1.58. The quantitative estimate of drug-likeness (QED) is 0.364. The summed E-state index contributed by atoms with van der Waals surface area (Å²) in [5, 5.41) is 0. The molecule has 0 aromatic heterocycles. The first-order valence-electron chi connectivity index (χ1n) is 4.59. The van der Waals surface area contributed by atoms with Gasteiger partial charge < -0.3 is 4.74 Å². The molecule has 1 aliphatic heterocycles. The Morgan fingerprint density at radius 1 is 1.33 bits per heavy atom. The lowest BCUT2D eigenvalue weighted by Gasteiger charge is -2.12. The van der Waals surface area contributed by atoms with Crippen molar-refractivity contribution in [1.29, 1.82) is 0 Å². The van der Waals surface area contributed by atoms with Gasteiger partial charge in [0.1, 0.15) is 12.4 Å². The molecule has 78 valence electrons. The first-order valence-corrected chi connectivity index (χ1v) is 5.84. The number of cyclic esters (lactones) is 1. The lowest BCUT2D eigenvalue weighted by atomic mass is 10.1. The van der Waals surface area contributed by atoms with E-state index in [1.54, 1.807) is 12.1 Å². The lowest BCUT2D eigenvalue weighted by molar-refractivity contribution is -0.141. The number of esters is 1. The van der Waals surface area contributed by atoms with E-state index in [1.165, 1.54) is 0 Å². The van der Waals surface area contributed by atoms with Crippen molar-refractivity contribution < 1.29 is 14.3 Å². The molecule has 0 radical (unpaired) electrons. The second-order valence-electron chi connectivity index (χ2n) is 3.42. The van der Waals surface area contributed by atoms with Gasteiger partial charge in [0.15, 0.2) is 0 Å². The Bertz CT molecular complexity index is 385. The fourth-order valence-electron chi connectivity index (χ4n) is 1.57. The number of benzene rings is 1. The molecule has 2 rings (SSSR count). The van der Waals surface area contributed by atoms with Crippen LogP contribution in [0.2, 0.25) is 0 Å². The van der Waals surface area contributed by atoms with Gasteiger partial charge in [-0.05, 0) is 5.56 Å². The van der Waals surface area contributed by atoms with Crippen LogP contribution in [0.5, 0.6) is 0 Å². The molecule has 0 spiro atoms. The van der Waals surface area contributed by atoms with Crippen molar-refractivity contribution in [2.45, 2.75) is 16.4 Å². The largest absolute Gasteiger partial charge is 0.456 e. The molecular formula is C11H9IO3. The molecule has 1 aromatic carbocycles. The maximum Gasteiger partial charge on any atom is 0.307 e. The number of aldehydes is 1. The molecule has 15 heavy (non-hydrogen) atoms. The van der Waals surface area contributed by atoms with Crippen LogP contribution in [0.3, 0.4) is 0 Å². The molecule has 2 atom stereocenters. The van der Waals surface area contributed by atoms with Crippen LogP contribution in [0.1, 0.15) is 28.4 Å². The van der Waals surface area contributed by atoms with E-state index in [0.29, 0.717) is 12.0 Å². The maximum atomic E-state index is 11.1. The van der Waals surface area contributed by atoms with Crippen LogP contribution in [-0.2, 0) is 9.53 Å². The summed E-state index contributed by atoms with van der Waals surface area (Å²) in [4.78, 5) is 21.5. The minimum atomic E-state index is -0.168. The minimum absolute atomic E-state index is 0.154. The van der Waals surface area contributed by atoms with E-state index >= 15 is 0 Å². The molecule has 3 nitrogen and oxygen atoms in total. The number of rotatable bonds is 2. The first-order chi connectivity index (χ1) is 7.20. The van der Waals surface area contributed by atoms with Gasteiger partial charge in [0.05, 0.1) is 10.3 Å². The Morgan fingerprint density at radius 2 is 2.00 bits per heavy atom. The molecule has 1 fully saturated rings. The van der Waals surface area contributed by atoms with Crippen molar-refractivity contribution in [3.8, 4) is 0 Å². The van der Waals surface area contributed by atoms with Gasteiger partial charge in [-0.25, -0.2) is 0 Å². The number of halogens is 1. The number of hydrogen-bond acceptors (Lipinski definition) is 3. The van der Waals surface area contributed by atoms with Crippen LogP contribution < -0.4 is 0 Å².